The van der Waals surface area contributed by atoms with Gasteiger partial charge in [0.2, 0.25) is 0 Å². The molecule has 0 aliphatic heterocycles. The Morgan fingerprint density at radius 3 is 2.38 bits per heavy atom. The van der Waals surface area contributed by atoms with Crippen LogP contribution in [0.5, 0.6) is 11.5 Å². The van der Waals surface area contributed by atoms with Crippen molar-refractivity contribution in [3.63, 3.8) is 0 Å². The van der Waals surface area contributed by atoms with Crippen LogP contribution in [0.1, 0.15) is 12.5 Å². The van der Waals surface area contributed by atoms with Crippen molar-refractivity contribution in [2.24, 2.45) is 0 Å². The summed E-state index contributed by atoms with van der Waals surface area (Å²) in [4.78, 5) is 0. The van der Waals surface area contributed by atoms with E-state index < -0.39 is 12.8 Å². The quantitative estimate of drug-likeness (QED) is 0.796. The van der Waals surface area contributed by atoms with E-state index in [4.69, 9.17) is 4.74 Å². The minimum atomic E-state index is -4.34. The Morgan fingerprint density at radius 1 is 1.19 bits per heavy atom. The number of hydrogen-bond acceptors (Lipinski definition) is 2. The molecule has 16 heavy (non-hydrogen) atoms. The molecule has 0 spiro atoms. The third-order valence-electron chi connectivity index (χ3n) is 2.03. The van der Waals surface area contributed by atoms with Crippen LogP contribution in [0.4, 0.5) is 13.2 Å². The summed E-state index contributed by atoms with van der Waals surface area (Å²) < 4.78 is 45.5. The first-order valence-electron chi connectivity index (χ1n) is 4.82. The zero-order chi connectivity index (χ0) is 12.2. The van der Waals surface area contributed by atoms with Crippen molar-refractivity contribution < 1.29 is 22.6 Å². The fraction of sp³-hybridized carbons (Fsp3) is 0.455. The fourth-order valence-electron chi connectivity index (χ4n) is 1.21. The van der Waals surface area contributed by atoms with Crippen molar-refractivity contribution in [3.8, 4) is 11.5 Å². The van der Waals surface area contributed by atoms with Gasteiger partial charge < -0.3 is 9.47 Å². The zero-order valence-corrected chi connectivity index (χ0v) is 9.10. The van der Waals surface area contributed by atoms with Gasteiger partial charge >= 0.3 is 6.18 Å². The topological polar surface area (TPSA) is 18.5 Å². The predicted octanol–water partition coefficient (Wildman–Crippen LogP) is 3.20. The van der Waals surface area contributed by atoms with Gasteiger partial charge in [-0.15, -0.1) is 0 Å². The Hall–Kier alpha value is -1.39. The van der Waals surface area contributed by atoms with Crippen molar-refractivity contribution in [2.75, 3.05) is 13.7 Å². The van der Waals surface area contributed by atoms with E-state index in [0.29, 0.717) is 5.75 Å². The molecule has 0 aliphatic carbocycles. The molecule has 0 radical (unpaired) electrons. The van der Waals surface area contributed by atoms with Gasteiger partial charge in [0, 0.05) is 0 Å². The lowest BCUT2D eigenvalue weighted by molar-refractivity contribution is -0.153. The second kappa shape index (κ2) is 5.09. The normalized spacial score (nSPS) is 11.3. The van der Waals surface area contributed by atoms with Crippen molar-refractivity contribution in [2.45, 2.75) is 19.5 Å². The highest BCUT2D eigenvalue weighted by molar-refractivity contribution is 5.42. The molecule has 0 unspecified atom stereocenters. The molecule has 5 heteroatoms. The molecule has 1 aromatic rings. The van der Waals surface area contributed by atoms with Gasteiger partial charge in [-0.25, -0.2) is 0 Å². The molecule has 0 saturated heterocycles. The lowest BCUT2D eigenvalue weighted by atomic mass is 10.1. The zero-order valence-electron chi connectivity index (χ0n) is 9.10. The summed E-state index contributed by atoms with van der Waals surface area (Å²) in [6, 6.07) is 4.88. The molecule has 0 aromatic heterocycles. The van der Waals surface area contributed by atoms with Gasteiger partial charge in [0.15, 0.2) is 18.1 Å². The highest BCUT2D eigenvalue weighted by atomic mass is 19.4. The van der Waals surface area contributed by atoms with Gasteiger partial charge in [0.25, 0.3) is 0 Å². The van der Waals surface area contributed by atoms with Crippen LogP contribution in [0.15, 0.2) is 18.2 Å². The van der Waals surface area contributed by atoms with Gasteiger partial charge in [0.05, 0.1) is 7.11 Å². The lowest BCUT2D eigenvalue weighted by Crippen LogP contribution is -2.19. The molecule has 1 aromatic carbocycles. The molecule has 0 fully saturated rings. The first-order chi connectivity index (χ1) is 7.46. The van der Waals surface area contributed by atoms with E-state index in [0.717, 1.165) is 12.0 Å². The summed E-state index contributed by atoms with van der Waals surface area (Å²) >= 11 is 0. The molecule has 0 N–H and O–H groups in total. The first kappa shape index (κ1) is 12.7. The maximum Gasteiger partial charge on any atom is 0.422 e. The molecule has 0 saturated carbocycles. The molecule has 0 atom stereocenters. The van der Waals surface area contributed by atoms with Crippen molar-refractivity contribution in [3.05, 3.63) is 23.8 Å². The minimum Gasteiger partial charge on any atom is -0.493 e. The largest absolute Gasteiger partial charge is 0.493 e. The molecule has 0 bridgehead atoms. The van der Waals surface area contributed by atoms with Gasteiger partial charge in [-0.05, 0) is 24.1 Å². The van der Waals surface area contributed by atoms with Crippen LogP contribution in [0.3, 0.4) is 0 Å². The van der Waals surface area contributed by atoms with E-state index in [1.54, 1.807) is 12.1 Å². The summed E-state index contributed by atoms with van der Waals surface area (Å²) in [5.74, 6) is 0.431. The van der Waals surface area contributed by atoms with Gasteiger partial charge in [-0.2, -0.15) is 13.2 Å². The molecule has 0 aliphatic rings. The van der Waals surface area contributed by atoms with Crippen LogP contribution in [0, 0.1) is 0 Å². The highest BCUT2D eigenvalue weighted by Crippen LogP contribution is 2.29. The summed E-state index contributed by atoms with van der Waals surface area (Å²) in [5, 5.41) is 0. The summed E-state index contributed by atoms with van der Waals surface area (Å²) in [6.07, 6.45) is -3.55. The number of aryl methyl sites for hydroxylation is 1. The Balaban J connectivity index is 2.79. The van der Waals surface area contributed by atoms with Crippen molar-refractivity contribution in [1.29, 1.82) is 0 Å². The lowest BCUT2D eigenvalue weighted by Gasteiger charge is -2.13. The molecule has 90 valence electrons. The molecule has 1 rings (SSSR count). The average Bonchev–Trinajstić information content (AvgIpc) is 2.25. The van der Waals surface area contributed by atoms with E-state index >= 15 is 0 Å². The number of ether oxygens (including phenoxy) is 2. The predicted molar refractivity (Wildman–Crippen MR) is 53.9 cm³/mol. The first-order valence-corrected chi connectivity index (χ1v) is 4.82. The molecular weight excluding hydrogens is 221 g/mol. The SMILES string of the molecule is CCc1ccc(OCC(F)(F)F)c(OC)c1. The van der Waals surface area contributed by atoms with E-state index in [9.17, 15) is 13.2 Å². The number of rotatable bonds is 4. The summed E-state index contributed by atoms with van der Waals surface area (Å²) in [6.45, 7) is 0.639. The average molecular weight is 234 g/mol. The Kier molecular flexibility index (Phi) is 4.04. The number of methoxy groups -OCH3 is 1. The Morgan fingerprint density at radius 2 is 1.88 bits per heavy atom. The number of benzene rings is 1. The Bertz CT molecular complexity index is 348. The minimum absolute atomic E-state index is 0.108. The smallest absolute Gasteiger partial charge is 0.422 e. The maximum absolute atomic E-state index is 12.0. The number of halogens is 3. The van der Waals surface area contributed by atoms with Crippen LogP contribution in [0.2, 0.25) is 0 Å². The van der Waals surface area contributed by atoms with Crippen LogP contribution < -0.4 is 9.47 Å². The van der Waals surface area contributed by atoms with Crippen LogP contribution >= 0.6 is 0 Å². The van der Waals surface area contributed by atoms with E-state index in [1.807, 2.05) is 6.92 Å². The Labute approximate surface area is 92.0 Å². The van der Waals surface area contributed by atoms with Crippen molar-refractivity contribution >= 4 is 0 Å². The van der Waals surface area contributed by atoms with E-state index in [1.165, 1.54) is 13.2 Å². The molecule has 2 nitrogen and oxygen atoms in total. The summed E-state index contributed by atoms with van der Waals surface area (Å²) in [5.41, 5.74) is 0.983. The molecule has 0 heterocycles. The fourth-order valence-corrected chi connectivity index (χ4v) is 1.21. The third kappa shape index (κ3) is 3.64. The van der Waals surface area contributed by atoms with Gasteiger partial charge in [-0.1, -0.05) is 13.0 Å². The number of alkyl halides is 3. The maximum atomic E-state index is 12.0. The number of hydrogen-bond donors (Lipinski definition) is 0. The second-order valence-corrected chi connectivity index (χ2v) is 3.24. The summed E-state index contributed by atoms with van der Waals surface area (Å²) in [7, 11) is 1.40. The van der Waals surface area contributed by atoms with Crippen LogP contribution in [0.25, 0.3) is 0 Å². The standard InChI is InChI=1S/C11H13F3O2/c1-3-8-4-5-9(10(6-8)15-2)16-7-11(12,13)14/h4-6H,3,7H2,1-2H3. The second-order valence-electron chi connectivity index (χ2n) is 3.24. The molecular formula is C11H13F3O2. The monoisotopic (exact) mass is 234 g/mol. The highest BCUT2D eigenvalue weighted by Gasteiger charge is 2.28. The third-order valence-corrected chi connectivity index (χ3v) is 2.03. The van der Waals surface area contributed by atoms with Gasteiger partial charge in [0.1, 0.15) is 0 Å². The van der Waals surface area contributed by atoms with E-state index in [2.05, 4.69) is 4.74 Å². The van der Waals surface area contributed by atoms with Gasteiger partial charge in [-0.3, -0.25) is 0 Å². The van der Waals surface area contributed by atoms with Crippen molar-refractivity contribution in [1.82, 2.24) is 0 Å². The van der Waals surface area contributed by atoms with E-state index in [-0.39, 0.29) is 5.75 Å². The van der Waals surface area contributed by atoms with Crippen LogP contribution in [-0.2, 0) is 6.42 Å². The molecule has 0 amide bonds. The van der Waals surface area contributed by atoms with Crippen LogP contribution in [-0.4, -0.2) is 19.9 Å².